The predicted molar refractivity (Wildman–Crippen MR) is 58.4 cm³/mol. The normalized spacial score (nSPS) is 12.6. The number of carbonyl (C=O) groups is 1. The molecule has 1 aromatic carbocycles. The number of aromatic amines is 1. The predicted octanol–water partition coefficient (Wildman–Crippen LogP) is 1.11. The van der Waals surface area contributed by atoms with Gasteiger partial charge in [-0.3, -0.25) is 14.7 Å². The molecule has 1 unspecified atom stereocenters. The van der Waals surface area contributed by atoms with Crippen molar-refractivity contribution < 1.29 is 9.90 Å². The molecule has 1 aromatic heterocycles. The van der Waals surface area contributed by atoms with Crippen molar-refractivity contribution >= 4 is 16.9 Å². The van der Waals surface area contributed by atoms with Crippen LogP contribution in [-0.2, 0) is 4.79 Å². The van der Waals surface area contributed by atoms with Crippen molar-refractivity contribution in [2.75, 3.05) is 0 Å². The Hall–Kier alpha value is -2.17. The van der Waals surface area contributed by atoms with Crippen LogP contribution in [-0.4, -0.2) is 21.3 Å². The van der Waals surface area contributed by atoms with E-state index in [2.05, 4.69) is 10.2 Å². The number of hydrogen-bond donors (Lipinski definition) is 2. The van der Waals surface area contributed by atoms with Gasteiger partial charge in [-0.1, -0.05) is 12.1 Å². The number of aromatic nitrogens is 2. The highest BCUT2D eigenvalue weighted by Gasteiger charge is 2.19. The lowest BCUT2D eigenvalue weighted by molar-refractivity contribution is -0.138. The number of para-hydroxylation sites is 1. The van der Waals surface area contributed by atoms with Gasteiger partial charge >= 0.3 is 5.97 Å². The summed E-state index contributed by atoms with van der Waals surface area (Å²) in [7, 11) is 0. The number of aliphatic carboxylic acids is 1. The monoisotopic (exact) mass is 218 g/mol. The Balaban J connectivity index is 2.70. The van der Waals surface area contributed by atoms with Crippen LogP contribution in [0.15, 0.2) is 29.1 Å². The summed E-state index contributed by atoms with van der Waals surface area (Å²) in [4.78, 5) is 22.7. The first-order chi connectivity index (χ1) is 7.61. The van der Waals surface area contributed by atoms with E-state index in [4.69, 9.17) is 5.11 Å². The molecular weight excluding hydrogens is 208 g/mol. The Morgan fingerprint density at radius 3 is 2.81 bits per heavy atom. The van der Waals surface area contributed by atoms with Crippen molar-refractivity contribution in [3.63, 3.8) is 0 Å². The number of carboxylic acids is 1. The highest BCUT2D eigenvalue weighted by Crippen LogP contribution is 2.11. The van der Waals surface area contributed by atoms with Crippen LogP contribution >= 0.6 is 0 Å². The lowest BCUT2D eigenvalue weighted by atomic mass is 10.1. The molecule has 2 N–H and O–H groups in total. The van der Waals surface area contributed by atoms with Gasteiger partial charge in [-0.25, -0.2) is 0 Å². The van der Waals surface area contributed by atoms with Gasteiger partial charge in [0.05, 0.1) is 5.52 Å². The van der Waals surface area contributed by atoms with Gasteiger partial charge in [-0.15, -0.1) is 0 Å². The number of fused-ring (bicyclic) bond motifs is 1. The molecule has 1 atom stereocenters. The van der Waals surface area contributed by atoms with Crippen LogP contribution < -0.4 is 5.43 Å². The molecule has 5 heteroatoms. The summed E-state index contributed by atoms with van der Waals surface area (Å²) >= 11 is 0. The fourth-order valence-corrected chi connectivity index (χ4v) is 1.50. The summed E-state index contributed by atoms with van der Waals surface area (Å²) in [5, 5.41) is 15.8. The van der Waals surface area contributed by atoms with Gasteiger partial charge in [0.15, 0.2) is 0 Å². The van der Waals surface area contributed by atoms with Crippen LogP contribution in [0.4, 0.5) is 0 Å². The number of nitrogens with one attached hydrogen (secondary N) is 1. The number of nitrogens with zero attached hydrogens (tertiary/aromatic N) is 1. The Morgan fingerprint density at radius 1 is 1.44 bits per heavy atom. The molecule has 82 valence electrons. The Kier molecular flexibility index (Phi) is 2.44. The van der Waals surface area contributed by atoms with Crippen molar-refractivity contribution in [2.45, 2.75) is 12.8 Å². The maximum atomic E-state index is 11.9. The zero-order valence-electron chi connectivity index (χ0n) is 8.60. The zero-order valence-corrected chi connectivity index (χ0v) is 8.60. The van der Waals surface area contributed by atoms with Crippen molar-refractivity contribution in [2.24, 2.45) is 0 Å². The number of hydrogen-bond acceptors (Lipinski definition) is 3. The quantitative estimate of drug-likeness (QED) is 0.790. The smallest absolute Gasteiger partial charge is 0.312 e. The van der Waals surface area contributed by atoms with Crippen LogP contribution in [0.3, 0.4) is 0 Å². The van der Waals surface area contributed by atoms with Crippen molar-refractivity contribution in [3.05, 3.63) is 40.2 Å². The molecule has 0 spiro atoms. The van der Waals surface area contributed by atoms with E-state index in [9.17, 15) is 9.59 Å². The zero-order chi connectivity index (χ0) is 11.7. The van der Waals surface area contributed by atoms with Gasteiger partial charge < -0.3 is 5.11 Å². The van der Waals surface area contributed by atoms with Gasteiger partial charge in [-0.2, -0.15) is 5.10 Å². The lowest BCUT2D eigenvalue weighted by Crippen LogP contribution is -2.20. The molecule has 0 saturated carbocycles. The van der Waals surface area contributed by atoms with E-state index in [-0.39, 0.29) is 11.1 Å². The molecule has 0 aliphatic heterocycles. The third-order valence-electron chi connectivity index (χ3n) is 2.48. The average Bonchev–Trinajstić information content (AvgIpc) is 2.29. The Morgan fingerprint density at radius 2 is 2.12 bits per heavy atom. The molecule has 0 radical (unpaired) electrons. The first kappa shape index (κ1) is 10.4. The largest absolute Gasteiger partial charge is 0.481 e. The van der Waals surface area contributed by atoms with E-state index in [1.807, 2.05) is 0 Å². The number of carboxylic acid groups (broad SMARTS) is 1. The molecule has 0 amide bonds. The van der Waals surface area contributed by atoms with E-state index in [1.165, 1.54) is 6.92 Å². The molecule has 0 saturated heterocycles. The van der Waals surface area contributed by atoms with Crippen LogP contribution in [0.2, 0.25) is 0 Å². The van der Waals surface area contributed by atoms with E-state index in [0.717, 1.165) is 0 Å². The average molecular weight is 218 g/mol. The summed E-state index contributed by atoms with van der Waals surface area (Å²) < 4.78 is 0. The van der Waals surface area contributed by atoms with Crippen molar-refractivity contribution in [1.82, 2.24) is 10.2 Å². The van der Waals surface area contributed by atoms with Crippen LogP contribution in [0.25, 0.3) is 10.9 Å². The van der Waals surface area contributed by atoms with E-state index < -0.39 is 11.9 Å². The minimum absolute atomic E-state index is 0.0335. The third kappa shape index (κ3) is 1.56. The van der Waals surface area contributed by atoms with E-state index in [0.29, 0.717) is 10.9 Å². The van der Waals surface area contributed by atoms with Gasteiger partial charge in [-0.05, 0) is 19.1 Å². The fourth-order valence-electron chi connectivity index (χ4n) is 1.50. The molecule has 0 aliphatic rings. The van der Waals surface area contributed by atoms with E-state index in [1.54, 1.807) is 24.3 Å². The summed E-state index contributed by atoms with van der Waals surface area (Å²) in [5.41, 5.74) is 0.310. The fraction of sp³-hybridized carbons (Fsp3) is 0.182. The second-order valence-electron chi connectivity index (χ2n) is 3.54. The Labute approximate surface area is 90.7 Å². The maximum Gasteiger partial charge on any atom is 0.312 e. The lowest BCUT2D eigenvalue weighted by Gasteiger charge is -2.05. The summed E-state index contributed by atoms with van der Waals surface area (Å²) in [6, 6.07) is 6.87. The molecule has 0 aliphatic carbocycles. The SMILES string of the molecule is CC(C(=O)O)c1n[nH]c2ccccc2c1=O. The first-order valence-corrected chi connectivity index (χ1v) is 4.81. The molecule has 0 fully saturated rings. The van der Waals surface area contributed by atoms with E-state index >= 15 is 0 Å². The van der Waals surface area contributed by atoms with Crippen molar-refractivity contribution in [3.8, 4) is 0 Å². The molecule has 16 heavy (non-hydrogen) atoms. The second-order valence-corrected chi connectivity index (χ2v) is 3.54. The summed E-state index contributed by atoms with van der Waals surface area (Å²) in [6.07, 6.45) is 0. The van der Waals surface area contributed by atoms with Gasteiger partial charge in [0.1, 0.15) is 11.6 Å². The first-order valence-electron chi connectivity index (χ1n) is 4.81. The molecule has 5 nitrogen and oxygen atoms in total. The van der Waals surface area contributed by atoms with Gasteiger partial charge in [0, 0.05) is 5.39 Å². The highest BCUT2D eigenvalue weighted by atomic mass is 16.4. The molecule has 0 bridgehead atoms. The van der Waals surface area contributed by atoms with Crippen LogP contribution in [0.1, 0.15) is 18.5 Å². The van der Waals surface area contributed by atoms with Gasteiger partial charge in [0.2, 0.25) is 5.43 Å². The second kappa shape index (κ2) is 3.77. The minimum Gasteiger partial charge on any atom is -0.481 e. The summed E-state index contributed by atoms with van der Waals surface area (Å²) in [5.74, 6) is -1.97. The molecule has 1 heterocycles. The standard InChI is InChI=1S/C11H10N2O3/c1-6(11(15)16)9-10(14)7-4-2-3-5-8(7)12-13-9/h2-6H,1H3,(H,12,14)(H,15,16). The van der Waals surface area contributed by atoms with Gasteiger partial charge in [0.25, 0.3) is 0 Å². The topological polar surface area (TPSA) is 83.0 Å². The Bertz CT molecular complexity index is 603. The number of benzene rings is 1. The summed E-state index contributed by atoms with van der Waals surface area (Å²) in [6.45, 7) is 1.44. The molecule has 2 rings (SSSR count). The third-order valence-corrected chi connectivity index (χ3v) is 2.48. The van der Waals surface area contributed by atoms with Crippen LogP contribution in [0.5, 0.6) is 0 Å². The maximum absolute atomic E-state index is 11.9. The number of H-pyrrole nitrogens is 1. The van der Waals surface area contributed by atoms with Crippen LogP contribution in [0, 0.1) is 0 Å². The van der Waals surface area contributed by atoms with Crippen molar-refractivity contribution in [1.29, 1.82) is 0 Å². The molecule has 2 aromatic rings. The molecular formula is C11H10N2O3. The highest BCUT2D eigenvalue weighted by molar-refractivity contribution is 5.80. The minimum atomic E-state index is -1.06. The number of rotatable bonds is 2.